The minimum absolute atomic E-state index is 0.0775. The normalized spacial score (nSPS) is 22.6. The summed E-state index contributed by atoms with van der Waals surface area (Å²) in [7, 11) is 0. The van der Waals surface area contributed by atoms with Gasteiger partial charge in [-0.1, -0.05) is 18.2 Å². The smallest absolute Gasteiger partial charge is 0.228 e. The van der Waals surface area contributed by atoms with Gasteiger partial charge in [0.2, 0.25) is 5.91 Å². The van der Waals surface area contributed by atoms with Crippen LogP contribution >= 0.6 is 11.3 Å². The summed E-state index contributed by atoms with van der Waals surface area (Å²) in [5, 5.41) is 16.8. The maximum absolute atomic E-state index is 11.9. The SMILES string of the molecule is O=C1CC(=O)NC(c2ccsc2)(c2ccccc2O)C1. The highest BCUT2D eigenvalue weighted by atomic mass is 32.1. The Bertz CT molecular complexity index is 648. The molecule has 1 aromatic carbocycles. The van der Waals surface area contributed by atoms with Crippen molar-refractivity contribution >= 4 is 23.0 Å². The van der Waals surface area contributed by atoms with E-state index >= 15 is 0 Å². The number of carbonyl (C=O) groups excluding carboxylic acids is 2. The molecular formula is C15H13NO3S. The quantitative estimate of drug-likeness (QED) is 0.832. The van der Waals surface area contributed by atoms with Gasteiger partial charge in [-0.2, -0.15) is 11.3 Å². The summed E-state index contributed by atoms with van der Waals surface area (Å²) in [4.78, 5) is 23.8. The number of amides is 1. The predicted octanol–water partition coefficient (Wildman–Crippen LogP) is 2.18. The molecule has 1 aromatic heterocycles. The molecule has 0 bridgehead atoms. The second kappa shape index (κ2) is 4.76. The molecule has 1 aliphatic rings. The minimum Gasteiger partial charge on any atom is -0.508 e. The molecule has 0 radical (unpaired) electrons. The lowest BCUT2D eigenvalue weighted by atomic mass is 9.77. The Morgan fingerprint density at radius 2 is 2.00 bits per heavy atom. The highest BCUT2D eigenvalue weighted by Gasteiger charge is 2.43. The van der Waals surface area contributed by atoms with E-state index in [2.05, 4.69) is 5.32 Å². The van der Waals surface area contributed by atoms with Crippen molar-refractivity contribution in [2.45, 2.75) is 18.4 Å². The molecule has 1 saturated heterocycles. The van der Waals surface area contributed by atoms with Crippen molar-refractivity contribution in [3.8, 4) is 5.75 Å². The number of carbonyl (C=O) groups is 2. The summed E-state index contributed by atoms with van der Waals surface area (Å²) < 4.78 is 0. The molecule has 0 aliphatic carbocycles. The highest BCUT2D eigenvalue weighted by Crippen LogP contribution is 2.40. The molecule has 3 rings (SSSR count). The number of aromatic hydroxyl groups is 1. The van der Waals surface area contributed by atoms with Gasteiger partial charge in [0.15, 0.2) is 0 Å². The summed E-state index contributed by atoms with van der Waals surface area (Å²) in [5.41, 5.74) is 0.419. The Hall–Kier alpha value is -2.14. The standard InChI is InChI=1S/C15H13NO3S/c17-11-7-14(19)16-15(8-11,10-5-6-20-9-10)12-3-1-2-4-13(12)18/h1-6,9,18H,7-8H2,(H,16,19). The van der Waals surface area contributed by atoms with Crippen LogP contribution in [0.4, 0.5) is 0 Å². The molecule has 4 nitrogen and oxygen atoms in total. The fourth-order valence-electron chi connectivity index (χ4n) is 2.70. The Morgan fingerprint density at radius 1 is 1.20 bits per heavy atom. The third kappa shape index (κ3) is 2.00. The van der Waals surface area contributed by atoms with E-state index in [-0.39, 0.29) is 30.3 Å². The number of Topliss-reactive ketones (excluding diaryl/α,β-unsaturated/α-hetero) is 1. The van der Waals surface area contributed by atoms with Crippen molar-refractivity contribution in [2.75, 3.05) is 0 Å². The molecule has 5 heteroatoms. The first-order valence-electron chi connectivity index (χ1n) is 6.26. The number of phenolic OH excluding ortho intramolecular Hbond substituents is 1. The lowest BCUT2D eigenvalue weighted by molar-refractivity contribution is -0.133. The molecule has 1 aliphatic heterocycles. The molecule has 1 unspecified atom stereocenters. The van der Waals surface area contributed by atoms with Crippen LogP contribution in [0.25, 0.3) is 0 Å². The van der Waals surface area contributed by atoms with Gasteiger partial charge in [0.1, 0.15) is 17.1 Å². The average Bonchev–Trinajstić information content (AvgIpc) is 2.92. The number of hydrogen-bond acceptors (Lipinski definition) is 4. The van der Waals surface area contributed by atoms with Crippen LogP contribution in [0.2, 0.25) is 0 Å². The Morgan fingerprint density at radius 3 is 2.65 bits per heavy atom. The van der Waals surface area contributed by atoms with Gasteiger partial charge in [-0.3, -0.25) is 9.59 Å². The van der Waals surface area contributed by atoms with E-state index in [4.69, 9.17) is 0 Å². The predicted molar refractivity (Wildman–Crippen MR) is 75.6 cm³/mol. The summed E-state index contributed by atoms with van der Waals surface area (Å²) in [6.45, 7) is 0. The van der Waals surface area contributed by atoms with E-state index in [9.17, 15) is 14.7 Å². The van der Waals surface area contributed by atoms with Gasteiger partial charge in [0.05, 0.1) is 6.42 Å². The second-order valence-electron chi connectivity index (χ2n) is 4.87. The number of rotatable bonds is 2. The topological polar surface area (TPSA) is 66.4 Å². The number of ketones is 1. The number of benzene rings is 1. The number of nitrogens with one attached hydrogen (secondary N) is 1. The van der Waals surface area contributed by atoms with Gasteiger partial charge < -0.3 is 10.4 Å². The largest absolute Gasteiger partial charge is 0.508 e. The zero-order valence-electron chi connectivity index (χ0n) is 10.6. The highest BCUT2D eigenvalue weighted by molar-refractivity contribution is 7.08. The van der Waals surface area contributed by atoms with Crippen LogP contribution in [0.15, 0.2) is 41.1 Å². The van der Waals surface area contributed by atoms with Crippen molar-refractivity contribution in [1.82, 2.24) is 5.32 Å². The summed E-state index contributed by atoms with van der Waals surface area (Å²) in [5.74, 6) is -0.354. The summed E-state index contributed by atoms with van der Waals surface area (Å²) >= 11 is 1.49. The van der Waals surface area contributed by atoms with E-state index < -0.39 is 5.54 Å². The third-order valence-corrected chi connectivity index (χ3v) is 4.23. The second-order valence-corrected chi connectivity index (χ2v) is 5.65. The fourth-order valence-corrected chi connectivity index (χ4v) is 3.43. The van der Waals surface area contributed by atoms with E-state index in [1.165, 1.54) is 11.3 Å². The molecular weight excluding hydrogens is 274 g/mol. The summed E-state index contributed by atoms with van der Waals surface area (Å²) in [6, 6.07) is 8.68. The zero-order valence-corrected chi connectivity index (χ0v) is 11.4. The number of para-hydroxylation sites is 1. The number of phenols is 1. The zero-order chi connectivity index (χ0) is 14.2. The molecule has 102 valence electrons. The molecule has 0 saturated carbocycles. The van der Waals surface area contributed by atoms with Gasteiger partial charge >= 0.3 is 0 Å². The van der Waals surface area contributed by atoms with E-state index in [0.717, 1.165) is 5.56 Å². The van der Waals surface area contributed by atoms with E-state index in [0.29, 0.717) is 5.56 Å². The van der Waals surface area contributed by atoms with Gasteiger partial charge in [0, 0.05) is 12.0 Å². The number of piperidine rings is 1. The molecule has 20 heavy (non-hydrogen) atoms. The lowest BCUT2D eigenvalue weighted by Crippen LogP contribution is -2.52. The van der Waals surface area contributed by atoms with Crippen molar-refractivity contribution in [3.63, 3.8) is 0 Å². The Balaban J connectivity index is 2.21. The van der Waals surface area contributed by atoms with Crippen molar-refractivity contribution in [3.05, 3.63) is 52.2 Å². The van der Waals surface area contributed by atoms with Gasteiger partial charge in [-0.25, -0.2) is 0 Å². The van der Waals surface area contributed by atoms with Gasteiger partial charge in [-0.05, 0) is 28.5 Å². The third-order valence-electron chi connectivity index (χ3n) is 3.55. The monoisotopic (exact) mass is 287 g/mol. The first-order valence-corrected chi connectivity index (χ1v) is 7.20. The molecule has 2 heterocycles. The lowest BCUT2D eigenvalue weighted by Gasteiger charge is -2.37. The van der Waals surface area contributed by atoms with Crippen molar-refractivity contribution < 1.29 is 14.7 Å². The molecule has 2 aromatic rings. The van der Waals surface area contributed by atoms with Crippen LogP contribution in [0.1, 0.15) is 24.0 Å². The van der Waals surface area contributed by atoms with Crippen LogP contribution in [0.5, 0.6) is 5.75 Å². The molecule has 0 spiro atoms. The first kappa shape index (κ1) is 12.9. The molecule has 1 atom stereocenters. The van der Waals surface area contributed by atoms with Crippen LogP contribution in [-0.2, 0) is 15.1 Å². The molecule has 1 fully saturated rings. The Kier molecular flexibility index (Phi) is 3.06. The summed E-state index contributed by atoms with van der Waals surface area (Å²) in [6.07, 6.45) is 0.0620. The van der Waals surface area contributed by atoms with Crippen LogP contribution in [0, 0.1) is 0 Å². The van der Waals surface area contributed by atoms with Crippen LogP contribution in [-0.4, -0.2) is 16.8 Å². The van der Waals surface area contributed by atoms with Crippen molar-refractivity contribution in [1.29, 1.82) is 0 Å². The van der Waals surface area contributed by atoms with Gasteiger partial charge in [-0.15, -0.1) is 0 Å². The number of thiophene rings is 1. The molecule has 1 amide bonds. The van der Waals surface area contributed by atoms with Crippen molar-refractivity contribution in [2.24, 2.45) is 0 Å². The van der Waals surface area contributed by atoms with Crippen LogP contribution < -0.4 is 5.32 Å². The Labute approximate surface area is 120 Å². The molecule has 2 N–H and O–H groups in total. The maximum atomic E-state index is 11.9. The fraction of sp³-hybridized carbons (Fsp3) is 0.200. The van der Waals surface area contributed by atoms with Crippen LogP contribution in [0.3, 0.4) is 0 Å². The van der Waals surface area contributed by atoms with E-state index in [1.54, 1.807) is 24.3 Å². The first-order chi connectivity index (χ1) is 9.62. The minimum atomic E-state index is -0.961. The van der Waals surface area contributed by atoms with E-state index in [1.807, 2.05) is 16.8 Å². The maximum Gasteiger partial charge on any atom is 0.228 e. The average molecular weight is 287 g/mol. The number of hydrogen-bond donors (Lipinski definition) is 2. The van der Waals surface area contributed by atoms with Gasteiger partial charge in [0.25, 0.3) is 0 Å².